The van der Waals surface area contributed by atoms with Gasteiger partial charge in [0.2, 0.25) is 0 Å². The third kappa shape index (κ3) is 3.73. The fourth-order valence-electron chi connectivity index (χ4n) is 1.12. The second kappa shape index (κ2) is 4.37. The second-order valence-corrected chi connectivity index (χ2v) is 6.47. The second-order valence-electron chi connectivity index (χ2n) is 3.41. The topological polar surface area (TPSA) is 73.0 Å². The van der Waals surface area contributed by atoms with Crippen LogP contribution in [0.5, 0.6) is 0 Å². The van der Waals surface area contributed by atoms with E-state index in [0.29, 0.717) is 5.01 Å². The maximum atomic E-state index is 11.5. The Bertz CT molecular complexity index is 395. The molecule has 1 heterocycles. The molecule has 1 rings (SSSR count). The summed E-state index contributed by atoms with van der Waals surface area (Å²) in [6.07, 6.45) is 0. The smallest absolute Gasteiger partial charge is 0.158 e. The number of hydrogen-bond acceptors (Lipinski definition) is 5. The summed E-state index contributed by atoms with van der Waals surface area (Å²) in [4.78, 5) is 4.10. The number of aromatic nitrogens is 1. The number of nitrogens with zero attached hydrogens (tertiary/aromatic N) is 1. The summed E-state index contributed by atoms with van der Waals surface area (Å²) in [5.41, 5.74) is 6.30. The Kier molecular flexibility index (Phi) is 3.63. The van der Waals surface area contributed by atoms with E-state index in [1.54, 1.807) is 6.92 Å². The predicted molar refractivity (Wildman–Crippen MR) is 58.0 cm³/mol. The quantitative estimate of drug-likeness (QED) is 0.833. The van der Waals surface area contributed by atoms with Gasteiger partial charge in [0.05, 0.1) is 5.75 Å². The summed E-state index contributed by atoms with van der Waals surface area (Å²) < 4.78 is 23.0. The minimum absolute atomic E-state index is 0.00699. The van der Waals surface area contributed by atoms with Crippen molar-refractivity contribution in [2.75, 3.05) is 5.75 Å². The number of sulfone groups is 1. The van der Waals surface area contributed by atoms with Gasteiger partial charge in [-0.3, -0.25) is 0 Å². The summed E-state index contributed by atoms with van der Waals surface area (Å²) in [5.74, 6) is 0.0265. The fraction of sp³-hybridized carbons (Fsp3) is 0.625. The van der Waals surface area contributed by atoms with E-state index in [0.717, 1.165) is 5.69 Å². The van der Waals surface area contributed by atoms with Crippen LogP contribution in [0.3, 0.4) is 0 Å². The largest absolute Gasteiger partial charge is 0.327 e. The Morgan fingerprint density at radius 1 is 1.64 bits per heavy atom. The maximum Gasteiger partial charge on any atom is 0.158 e. The van der Waals surface area contributed by atoms with E-state index in [9.17, 15) is 8.42 Å². The van der Waals surface area contributed by atoms with Gasteiger partial charge in [-0.05, 0) is 13.8 Å². The van der Waals surface area contributed by atoms with Gasteiger partial charge in [-0.2, -0.15) is 0 Å². The molecule has 0 aliphatic rings. The van der Waals surface area contributed by atoms with Gasteiger partial charge in [-0.1, -0.05) is 0 Å². The molecule has 0 bridgehead atoms. The molecule has 0 saturated carbocycles. The molecule has 0 spiro atoms. The molecule has 1 aromatic heterocycles. The van der Waals surface area contributed by atoms with Crippen LogP contribution in [0.2, 0.25) is 0 Å². The van der Waals surface area contributed by atoms with E-state index >= 15 is 0 Å². The highest BCUT2D eigenvalue weighted by molar-refractivity contribution is 7.90. The van der Waals surface area contributed by atoms with Gasteiger partial charge in [0.15, 0.2) is 9.84 Å². The van der Waals surface area contributed by atoms with Crippen LogP contribution < -0.4 is 5.73 Å². The van der Waals surface area contributed by atoms with E-state index in [2.05, 4.69) is 4.98 Å². The van der Waals surface area contributed by atoms with E-state index in [4.69, 9.17) is 5.73 Å². The molecule has 0 aromatic carbocycles. The molecule has 4 nitrogen and oxygen atoms in total. The van der Waals surface area contributed by atoms with Gasteiger partial charge >= 0.3 is 0 Å². The third-order valence-electron chi connectivity index (χ3n) is 1.53. The van der Waals surface area contributed by atoms with Crippen molar-refractivity contribution in [2.24, 2.45) is 5.73 Å². The van der Waals surface area contributed by atoms with Gasteiger partial charge in [0.25, 0.3) is 0 Å². The van der Waals surface area contributed by atoms with Crippen molar-refractivity contribution in [3.8, 4) is 0 Å². The molecule has 0 aliphatic heterocycles. The number of hydrogen-bond donors (Lipinski definition) is 1. The molecule has 14 heavy (non-hydrogen) atoms. The lowest BCUT2D eigenvalue weighted by atomic mass is 10.4. The molecular formula is C8H14N2O2S2. The molecule has 0 amide bonds. The standard InChI is InChI=1S/C8H14N2O2S2/c1-6(9)4-14(11,12)5-8-10-7(2)3-13-8/h3,6H,4-5,9H2,1-2H3. The van der Waals surface area contributed by atoms with Crippen LogP contribution in [-0.4, -0.2) is 25.2 Å². The third-order valence-corrected chi connectivity index (χ3v) is 4.42. The molecule has 0 aliphatic carbocycles. The molecular weight excluding hydrogens is 220 g/mol. The van der Waals surface area contributed by atoms with Crippen molar-refractivity contribution in [1.82, 2.24) is 4.98 Å². The number of aryl methyl sites for hydroxylation is 1. The zero-order valence-corrected chi connectivity index (χ0v) is 9.86. The zero-order valence-electron chi connectivity index (χ0n) is 8.23. The van der Waals surface area contributed by atoms with Crippen LogP contribution in [0.4, 0.5) is 0 Å². The van der Waals surface area contributed by atoms with Crippen molar-refractivity contribution in [3.63, 3.8) is 0 Å². The van der Waals surface area contributed by atoms with Crippen molar-refractivity contribution >= 4 is 21.2 Å². The highest BCUT2D eigenvalue weighted by atomic mass is 32.2. The van der Waals surface area contributed by atoms with Crippen LogP contribution in [-0.2, 0) is 15.6 Å². The minimum Gasteiger partial charge on any atom is -0.327 e. The molecule has 80 valence electrons. The Morgan fingerprint density at radius 3 is 2.71 bits per heavy atom. The van der Waals surface area contributed by atoms with Crippen molar-refractivity contribution in [3.05, 3.63) is 16.1 Å². The molecule has 0 fully saturated rings. The first-order valence-electron chi connectivity index (χ1n) is 4.26. The van der Waals surface area contributed by atoms with Crippen LogP contribution >= 0.6 is 11.3 Å². The number of nitrogens with two attached hydrogens (primary N) is 1. The van der Waals surface area contributed by atoms with E-state index in [1.165, 1.54) is 11.3 Å². The van der Waals surface area contributed by atoms with Gasteiger partial charge in [-0.25, -0.2) is 13.4 Å². The SMILES string of the molecule is Cc1csc(CS(=O)(=O)CC(C)N)n1. The van der Waals surface area contributed by atoms with Gasteiger partial charge in [0.1, 0.15) is 10.8 Å². The average molecular weight is 234 g/mol. The molecule has 6 heteroatoms. The first-order chi connectivity index (χ1) is 6.39. The average Bonchev–Trinajstić information content (AvgIpc) is 2.30. The maximum absolute atomic E-state index is 11.5. The summed E-state index contributed by atoms with van der Waals surface area (Å²) in [5, 5.41) is 2.49. The lowest BCUT2D eigenvalue weighted by Crippen LogP contribution is -2.26. The molecule has 1 atom stereocenters. The lowest BCUT2D eigenvalue weighted by molar-refractivity contribution is 0.589. The van der Waals surface area contributed by atoms with E-state index in [-0.39, 0.29) is 17.5 Å². The van der Waals surface area contributed by atoms with E-state index < -0.39 is 9.84 Å². The molecule has 2 N–H and O–H groups in total. The highest BCUT2D eigenvalue weighted by Crippen LogP contribution is 2.12. The Morgan fingerprint density at radius 2 is 2.29 bits per heavy atom. The van der Waals surface area contributed by atoms with Gasteiger partial charge in [0, 0.05) is 17.1 Å². The van der Waals surface area contributed by atoms with Crippen LogP contribution in [0.1, 0.15) is 17.6 Å². The Balaban J connectivity index is 2.69. The summed E-state index contributed by atoms with van der Waals surface area (Å²) in [7, 11) is -3.10. The van der Waals surface area contributed by atoms with Crippen LogP contribution in [0.25, 0.3) is 0 Å². The predicted octanol–water partition coefficient (Wildman–Crippen LogP) is 0.714. The van der Waals surface area contributed by atoms with Crippen molar-refractivity contribution < 1.29 is 8.42 Å². The van der Waals surface area contributed by atoms with E-state index in [1.807, 2.05) is 12.3 Å². The van der Waals surface area contributed by atoms with Crippen LogP contribution in [0, 0.1) is 6.92 Å². The molecule has 0 saturated heterocycles. The van der Waals surface area contributed by atoms with Gasteiger partial charge in [-0.15, -0.1) is 11.3 Å². The monoisotopic (exact) mass is 234 g/mol. The lowest BCUT2D eigenvalue weighted by Gasteiger charge is -2.04. The molecule has 0 radical (unpaired) electrons. The van der Waals surface area contributed by atoms with Crippen molar-refractivity contribution in [2.45, 2.75) is 25.6 Å². The number of rotatable bonds is 4. The summed E-state index contributed by atoms with van der Waals surface area (Å²) in [6.45, 7) is 3.53. The Labute approximate surface area is 88.1 Å². The van der Waals surface area contributed by atoms with Crippen molar-refractivity contribution in [1.29, 1.82) is 0 Å². The summed E-state index contributed by atoms with van der Waals surface area (Å²) >= 11 is 1.37. The normalized spacial score (nSPS) is 14.2. The molecule has 1 unspecified atom stereocenters. The first kappa shape index (κ1) is 11.6. The Hall–Kier alpha value is -0.460. The highest BCUT2D eigenvalue weighted by Gasteiger charge is 2.16. The first-order valence-corrected chi connectivity index (χ1v) is 6.96. The minimum atomic E-state index is -3.10. The number of thiazole rings is 1. The summed E-state index contributed by atoms with van der Waals surface area (Å²) in [6, 6.07) is -0.318. The zero-order chi connectivity index (χ0) is 10.8. The molecule has 1 aromatic rings. The van der Waals surface area contributed by atoms with Crippen LogP contribution in [0.15, 0.2) is 5.38 Å². The van der Waals surface area contributed by atoms with Gasteiger partial charge < -0.3 is 5.73 Å². The fourth-order valence-corrected chi connectivity index (χ4v) is 3.84.